The summed E-state index contributed by atoms with van der Waals surface area (Å²) in [7, 11) is 0. The first kappa shape index (κ1) is 13.1. The summed E-state index contributed by atoms with van der Waals surface area (Å²) in [5.41, 5.74) is 1.86. The van der Waals surface area contributed by atoms with Crippen LogP contribution in [-0.2, 0) is 4.79 Å². The van der Waals surface area contributed by atoms with Gasteiger partial charge in [-0.25, -0.2) is 4.39 Å². The van der Waals surface area contributed by atoms with E-state index in [-0.39, 0.29) is 11.7 Å². The number of carbonyl (C=O) groups is 1. The largest absolute Gasteiger partial charge is 0.322 e. The number of amides is 1. The Labute approximate surface area is 120 Å². The lowest BCUT2D eigenvalue weighted by molar-refractivity contribution is -0.111. The van der Waals surface area contributed by atoms with Crippen LogP contribution in [0.15, 0.2) is 54.7 Å². The van der Waals surface area contributed by atoms with Crippen LogP contribution < -0.4 is 5.32 Å². The fraction of sp³-hybridized carbons (Fsp3) is 0. The van der Waals surface area contributed by atoms with Crippen molar-refractivity contribution in [1.29, 1.82) is 0 Å². The summed E-state index contributed by atoms with van der Waals surface area (Å²) in [5, 5.41) is 10.4. The molecule has 0 radical (unpaired) electrons. The topological polar surface area (TPSA) is 57.8 Å². The van der Waals surface area contributed by atoms with Crippen LogP contribution in [-0.4, -0.2) is 16.1 Å². The molecule has 0 atom stereocenters. The zero-order valence-electron chi connectivity index (χ0n) is 11.0. The Morgan fingerprint density at radius 3 is 2.95 bits per heavy atom. The highest BCUT2D eigenvalue weighted by Gasteiger charge is 2.02. The number of carbonyl (C=O) groups excluding carboxylic acids is 1. The van der Waals surface area contributed by atoms with Crippen LogP contribution in [0.25, 0.3) is 17.0 Å². The van der Waals surface area contributed by atoms with Gasteiger partial charge in [-0.3, -0.25) is 9.89 Å². The van der Waals surface area contributed by atoms with Crippen molar-refractivity contribution in [3.05, 3.63) is 66.1 Å². The zero-order valence-corrected chi connectivity index (χ0v) is 11.0. The van der Waals surface area contributed by atoms with Crippen LogP contribution in [0.5, 0.6) is 0 Å². The molecule has 0 aliphatic rings. The minimum atomic E-state index is -0.361. The lowest BCUT2D eigenvalue weighted by Crippen LogP contribution is -2.07. The Morgan fingerprint density at radius 2 is 2.10 bits per heavy atom. The van der Waals surface area contributed by atoms with E-state index in [1.165, 1.54) is 18.2 Å². The van der Waals surface area contributed by atoms with Crippen molar-refractivity contribution in [3.8, 4) is 0 Å². The number of fused-ring (bicyclic) bond motifs is 1. The van der Waals surface area contributed by atoms with Crippen molar-refractivity contribution in [2.75, 3.05) is 5.32 Å². The molecule has 0 saturated carbocycles. The van der Waals surface area contributed by atoms with Crippen LogP contribution in [0.1, 0.15) is 5.56 Å². The van der Waals surface area contributed by atoms with Crippen molar-refractivity contribution in [1.82, 2.24) is 10.2 Å². The number of H-pyrrole nitrogens is 1. The minimum Gasteiger partial charge on any atom is -0.322 e. The van der Waals surface area contributed by atoms with Gasteiger partial charge in [0.05, 0.1) is 11.7 Å². The Kier molecular flexibility index (Phi) is 3.47. The van der Waals surface area contributed by atoms with E-state index in [1.807, 2.05) is 6.07 Å². The molecule has 5 heteroatoms. The maximum atomic E-state index is 13.4. The number of nitrogens with one attached hydrogen (secondary N) is 2. The molecule has 1 amide bonds. The van der Waals surface area contributed by atoms with E-state index in [9.17, 15) is 9.18 Å². The van der Waals surface area contributed by atoms with Gasteiger partial charge in [-0.05, 0) is 30.3 Å². The van der Waals surface area contributed by atoms with Crippen molar-refractivity contribution in [2.24, 2.45) is 0 Å². The highest BCUT2D eigenvalue weighted by Crippen LogP contribution is 2.16. The number of aromatic amines is 1. The van der Waals surface area contributed by atoms with Crippen molar-refractivity contribution in [2.45, 2.75) is 0 Å². The summed E-state index contributed by atoms with van der Waals surface area (Å²) in [6.07, 6.45) is 4.45. The lowest BCUT2D eigenvalue weighted by atomic mass is 10.2. The maximum absolute atomic E-state index is 13.4. The Hall–Kier alpha value is -2.95. The van der Waals surface area contributed by atoms with Gasteiger partial charge in [-0.2, -0.15) is 5.10 Å². The summed E-state index contributed by atoms with van der Waals surface area (Å²) in [6, 6.07) is 11.7. The third-order valence-electron chi connectivity index (χ3n) is 3.03. The normalized spacial score (nSPS) is 11.1. The predicted octanol–water partition coefficient (Wildman–Crippen LogP) is 3.35. The van der Waals surface area contributed by atoms with Gasteiger partial charge in [0.15, 0.2) is 0 Å². The molecule has 0 fully saturated rings. The highest BCUT2D eigenvalue weighted by atomic mass is 19.1. The predicted molar refractivity (Wildman–Crippen MR) is 80.2 cm³/mol. The first-order chi connectivity index (χ1) is 10.2. The van der Waals surface area contributed by atoms with E-state index in [4.69, 9.17) is 0 Å². The van der Waals surface area contributed by atoms with E-state index in [0.29, 0.717) is 11.3 Å². The fourth-order valence-corrected chi connectivity index (χ4v) is 1.97. The van der Waals surface area contributed by atoms with Crippen LogP contribution in [0, 0.1) is 5.82 Å². The van der Waals surface area contributed by atoms with E-state index >= 15 is 0 Å². The molecule has 0 aliphatic heterocycles. The van der Waals surface area contributed by atoms with Gasteiger partial charge >= 0.3 is 0 Å². The number of rotatable bonds is 3. The molecular formula is C16H12FN3O. The Morgan fingerprint density at radius 1 is 1.24 bits per heavy atom. The molecule has 104 valence electrons. The van der Waals surface area contributed by atoms with Gasteiger partial charge in [-0.15, -0.1) is 0 Å². The van der Waals surface area contributed by atoms with Crippen molar-refractivity contribution < 1.29 is 9.18 Å². The van der Waals surface area contributed by atoms with Crippen LogP contribution in [0.2, 0.25) is 0 Å². The fourth-order valence-electron chi connectivity index (χ4n) is 1.97. The summed E-state index contributed by atoms with van der Waals surface area (Å²) in [6.45, 7) is 0. The van der Waals surface area contributed by atoms with Crippen molar-refractivity contribution >= 4 is 28.6 Å². The Balaban J connectivity index is 1.72. The van der Waals surface area contributed by atoms with Gasteiger partial charge in [0.1, 0.15) is 5.82 Å². The average molecular weight is 281 g/mol. The molecule has 0 aliphatic carbocycles. The van der Waals surface area contributed by atoms with E-state index in [0.717, 1.165) is 10.9 Å². The third kappa shape index (κ3) is 2.97. The molecule has 21 heavy (non-hydrogen) atoms. The molecule has 0 unspecified atom stereocenters. The molecule has 1 heterocycles. The molecule has 0 saturated heterocycles. The molecule has 2 aromatic carbocycles. The molecule has 3 aromatic rings. The summed E-state index contributed by atoms with van der Waals surface area (Å²) < 4.78 is 13.4. The van der Waals surface area contributed by atoms with Crippen LogP contribution in [0.4, 0.5) is 10.1 Å². The van der Waals surface area contributed by atoms with E-state index < -0.39 is 0 Å². The maximum Gasteiger partial charge on any atom is 0.248 e. The van der Waals surface area contributed by atoms with Gasteiger partial charge in [0.2, 0.25) is 5.91 Å². The lowest BCUT2D eigenvalue weighted by Gasteiger charge is -2.02. The average Bonchev–Trinajstić information content (AvgIpc) is 2.94. The molecule has 0 bridgehead atoms. The second-order valence-corrected chi connectivity index (χ2v) is 4.52. The summed E-state index contributed by atoms with van der Waals surface area (Å²) >= 11 is 0. The standard InChI is InChI=1S/C16H12FN3O/c17-14-4-2-1-3-11(14)6-8-16(21)19-13-7-5-12-10-18-20-15(12)9-13/h1-10H,(H,18,20)(H,19,21). The molecule has 0 spiro atoms. The smallest absolute Gasteiger partial charge is 0.248 e. The van der Waals surface area contributed by atoms with Gasteiger partial charge in [-0.1, -0.05) is 18.2 Å². The van der Waals surface area contributed by atoms with E-state index in [2.05, 4.69) is 15.5 Å². The molecule has 2 N–H and O–H groups in total. The number of hydrogen-bond acceptors (Lipinski definition) is 2. The van der Waals surface area contributed by atoms with Crippen molar-refractivity contribution in [3.63, 3.8) is 0 Å². The quantitative estimate of drug-likeness (QED) is 0.723. The number of hydrogen-bond donors (Lipinski definition) is 2. The van der Waals surface area contributed by atoms with Crippen LogP contribution >= 0.6 is 0 Å². The molecule has 4 nitrogen and oxygen atoms in total. The first-order valence-corrected chi connectivity index (χ1v) is 6.39. The van der Waals surface area contributed by atoms with Gasteiger partial charge in [0.25, 0.3) is 0 Å². The SMILES string of the molecule is O=C(C=Cc1ccccc1F)Nc1ccc2cn[nH]c2c1. The Bertz CT molecular complexity index is 823. The van der Waals surface area contributed by atoms with E-state index in [1.54, 1.807) is 36.5 Å². The van der Waals surface area contributed by atoms with Gasteiger partial charge in [0, 0.05) is 22.7 Å². The third-order valence-corrected chi connectivity index (χ3v) is 3.03. The number of anilines is 1. The molecule has 3 rings (SSSR count). The second-order valence-electron chi connectivity index (χ2n) is 4.52. The minimum absolute atomic E-state index is 0.322. The first-order valence-electron chi connectivity index (χ1n) is 6.39. The number of halogens is 1. The molecular weight excluding hydrogens is 269 g/mol. The summed E-state index contributed by atoms with van der Waals surface area (Å²) in [4.78, 5) is 11.8. The zero-order chi connectivity index (χ0) is 14.7. The number of nitrogens with zero attached hydrogens (tertiary/aromatic N) is 1. The number of aromatic nitrogens is 2. The van der Waals surface area contributed by atoms with Crippen LogP contribution in [0.3, 0.4) is 0 Å². The highest BCUT2D eigenvalue weighted by molar-refractivity contribution is 6.02. The molecule has 1 aromatic heterocycles. The monoisotopic (exact) mass is 281 g/mol. The summed E-state index contributed by atoms with van der Waals surface area (Å²) in [5.74, 6) is -0.683. The van der Waals surface area contributed by atoms with Gasteiger partial charge < -0.3 is 5.32 Å². The number of benzene rings is 2. The second kappa shape index (κ2) is 5.58.